The van der Waals surface area contributed by atoms with Crippen LogP contribution in [0.4, 0.5) is 5.82 Å². The summed E-state index contributed by atoms with van der Waals surface area (Å²) in [6.07, 6.45) is 4.43. The SMILES string of the molecule is CN=C(NC)NCc1ccnc(N2CCCC2)c1.I. The van der Waals surface area contributed by atoms with Crippen molar-refractivity contribution in [1.82, 2.24) is 15.6 Å². The van der Waals surface area contributed by atoms with Gasteiger partial charge in [-0.15, -0.1) is 24.0 Å². The van der Waals surface area contributed by atoms with E-state index in [9.17, 15) is 0 Å². The van der Waals surface area contributed by atoms with Gasteiger partial charge in [-0.1, -0.05) is 0 Å². The number of hydrogen-bond acceptors (Lipinski definition) is 3. The maximum absolute atomic E-state index is 4.44. The maximum Gasteiger partial charge on any atom is 0.190 e. The Balaban J connectivity index is 0.00000180. The first-order valence-electron chi connectivity index (χ1n) is 6.42. The normalized spacial score (nSPS) is 15.1. The minimum Gasteiger partial charge on any atom is -0.359 e. The summed E-state index contributed by atoms with van der Waals surface area (Å²) in [6.45, 7) is 3.01. The van der Waals surface area contributed by atoms with Gasteiger partial charge in [-0.3, -0.25) is 4.99 Å². The summed E-state index contributed by atoms with van der Waals surface area (Å²) in [5.41, 5.74) is 1.23. The minimum atomic E-state index is 0. The fourth-order valence-corrected chi connectivity index (χ4v) is 2.15. The zero-order valence-corrected chi connectivity index (χ0v) is 13.8. The molecule has 1 aromatic rings. The molecule has 0 radical (unpaired) electrons. The van der Waals surface area contributed by atoms with Gasteiger partial charge in [-0.05, 0) is 30.5 Å². The largest absolute Gasteiger partial charge is 0.359 e. The summed E-state index contributed by atoms with van der Waals surface area (Å²) in [5, 5.41) is 6.25. The number of nitrogens with zero attached hydrogens (tertiary/aromatic N) is 3. The highest BCUT2D eigenvalue weighted by molar-refractivity contribution is 14.0. The van der Waals surface area contributed by atoms with Crippen LogP contribution in [-0.2, 0) is 6.54 Å². The van der Waals surface area contributed by atoms with Crippen LogP contribution in [0.25, 0.3) is 0 Å². The van der Waals surface area contributed by atoms with Crippen molar-refractivity contribution in [3.8, 4) is 0 Å². The van der Waals surface area contributed by atoms with Gasteiger partial charge in [0.25, 0.3) is 0 Å². The van der Waals surface area contributed by atoms with Gasteiger partial charge in [-0.2, -0.15) is 0 Å². The van der Waals surface area contributed by atoms with Crippen molar-refractivity contribution in [1.29, 1.82) is 0 Å². The Hall–Kier alpha value is -1.05. The molecule has 0 bridgehead atoms. The second kappa shape index (κ2) is 8.19. The number of aromatic nitrogens is 1. The van der Waals surface area contributed by atoms with Gasteiger partial charge < -0.3 is 15.5 Å². The van der Waals surface area contributed by atoms with Gasteiger partial charge in [0.15, 0.2) is 5.96 Å². The van der Waals surface area contributed by atoms with Crippen LogP contribution in [0.2, 0.25) is 0 Å². The molecule has 2 rings (SSSR count). The molecule has 1 saturated heterocycles. The Labute approximate surface area is 131 Å². The molecule has 0 unspecified atom stereocenters. The fraction of sp³-hybridized carbons (Fsp3) is 0.538. The zero-order valence-electron chi connectivity index (χ0n) is 11.5. The molecule has 0 spiro atoms. The number of hydrogen-bond donors (Lipinski definition) is 2. The zero-order chi connectivity index (χ0) is 12.8. The Morgan fingerprint density at radius 1 is 1.42 bits per heavy atom. The van der Waals surface area contributed by atoms with Crippen LogP contribution in [0.15, 0.2) is 23.3 Å². The summed E-state index contributed by atoms with van der Waals surface area (Å²) >= 11 is 0. The first kappa shape index (κ1) is 16.0. The molecular formula is C13H22IN5. The lowest BCUT2D eigenvalue weighted by Gasteiger charge is -2.17. The first-order valence-corrected chi connectivity index (χ1v) is 6.42. The van der Waals surface area contributed by atoms with Crippen molar-refractivity contribution in [3.63, 3.8) is 0 Å². The van der Waals surface area contributed by atoms with Gasteiger partial charge in [0.2, 0.25) is 0 Å². The average molecular weight is 375 g/mol. The molecule has 0 aromatic carbocycles. The van der Waals surface area contributed by atoms with Gasteiger partial charge in [0, 0.05) is 39.9 Å². The van der Waals surface area contributed by atoms with Gasteiger partial charge >= 0.3 is 0 Å². The van der Waals surface area contributed by atoms with Crippen molar-refractivity contribution in [2.75, 3.05) is 32.1 Å². The molecule has 106 valence electrons. The quantitative estimate of drug-likeness (QED) is 0.479. The monoisotopic (exact) mass is 375 g/mol. The number of guanidine groups is 1. The van der Waals surface area contributed by atoms with Gasteiger partial charge in [0.05, 0.1) is 0 Å². The molecule has 6 heteroatoms. The number of halogens is 1. The van der Waals surface area contributed by atoms with E-state index in [2.05, 4.69) is 31.6 Å². The van der Waals surface area contributed by atoms with E-state index >= 15 is 0 Å². The molecule has 0 amide bonds. The summed E-state index contributed by atoms with van der Waals surface area (Å²) in [6, 6.07) is 4.19. The van der Waals surface area contributed by atoms with E-state index in [1.807, 2.05) is 19.3 Å². The van der Waals surface area contributed by atoms with E-state index in [1.165, 1.54) is 18.4 Å². The second-order valence-corrected chi connectivity index (χ2v) is 4.39. The number of anilines is 1. The van der Waals surface area contributed by atoms with Gasteiger partial charge in [0.1, 0.15) is 5.82 Å². The van der Waals surface area contributed by atoms with Crippen LogP contribution in [0.1, 0.15) is 18.4 Å². The van der Waals surface area contributed by atoms with E-state index in [4.69, 9.17) is 0 Å². The molecule has 2 heterocycles. The van der Waals surface area contributed by atoms with Crippen LogP contribution in [0.3, 0.4) is 0 Å². The van der Waals surface area contributed by atoms with Crippen molar-refractivity contribution >= 4 is 35.8 Å². The van der Waals surface area contributed by atoms with Crippen LogP contribution in [-0.4, -0.2) is 38.1 Å². The topological polar surface area (TPSA) is 52.6 Å². The van der Waals surface area contributed by atoms with E-state index in [-0.39, 0.29) is 24.0 Å². The highest BCUT2D eigenvalue weighted by atomic mass is 127. The highest BCUT2D eigenvalue weighted by Gasteiger charge is 2.13. The first-order chi connectivity index (χ1) is 8.83. The van der Waals surface area contributed by atoms with E-state index in [0.29, 0.717) is 0 Å². The second-order valence-electron chi connectivity index (χ2n) is 4.39. The molecule has 5 nitrogen and oxygen atoms in total. The van der Waals surface area contributed by atoms with Crippen molar-refractivity contribution < 1.29 is 0 Å². The Kier molecular flexibility index (Phi) is 6.90. The number of nitrogens with one attached hydrogen (secondary N) is 2. The van der Waals surface area contributed by atoms with Crippen molar-refractivity contribution in [3.05, 3.63) is 23.9 Å². The third kappa shape index (κ3) is 4.52. The van der Waals surface area contributed by atoms with E-state index in [0.717, 1.165) is 31.4 Å². The summed E-state index contributed by atoms with van der Waals surface area (Å²) < 4.78 is 0. The van der Waals surface area contributed by atoms with Crippen molar-refractivity contribution in [2.24, 2.45) is 4.99 Å². The standard InChI is InChI=1S/C13H21N5.HI/c1-14-13(15-2)17-10-11-5-6-16-12(9-11)18-7-3-4-8-18;/h5-6,9H,3-4,7-8,10H2,1-2H3,(H2,14,15,17);1H. The van der Waals surface area contributed by atoms with Crippen LogP contribution in [0, 0.1) is 0 Å². The van der Waals surface area contributed by atoms with Crippen molar-refractivity contribution in [2.45, 2.75) is 19.4 Å². The van der Waals surface area contributed by atoms with E-state index in [1.54, 1.807) is 7.05 Å². The predicted molar refractivity (Wildman–Crippen MR) is 90.4 cm³/mol. The lowest BCUT2D eigenvalue weighted by Crippen LogP contribution is -2.34. The molecule has 0 saturated carbocycles. The Bertz CT molecular complexity index is 415. The van der Waals surface area contributed by atoms with Gasteiger partial charge in [-0.25, -0.2) is 4.98 Å². The molecule has 0 aliphatic carbocycles. The number of pyridine rings is 1. The molecule has 1 aliphatic rings. The minimum absolute atomic E-state index is 0. The predicted octanol–water partition coefficient (Wildman–Crippen LogP) is 1.59. The summed E-state index contributed by atoms with van der Waals surface area (Å²) in [5.74, 6) is 1.89. The third-order valence-electron chi connectivity index (χ3n) is 3.16. The maximum atomic E-state index is 4.44. The molecular weight excluding hydrogens is 353 g/mol. The summed E-state index contributed by atoms with van der Waals surface area (Å²) in [7, 11) is 3.62. The fourth-order valence-electron chi connectivity index (χ4n) is 2.15. The Morgan fingerprint density at radius 3 is 2.79 bits per heavy atom. The lowest BCUT2D eigenvalue weighted by molar-refractivity contribution is 0.857. The highest BCUT2D eigenvalue weighted by Crippen LogP contribution is 2.18. The smallest absolute Gasteiger partial charge is 0.190 e. The number of aliphatic imine (C=N–C) groups is 1. The average Bonchev–Trinajstić information content (AvgIpc) is 2.94. The Morgan fingerprint density at radius 2 is 2.16 bits per heavy atom. The molecule has 1 aromatic heterocycles. The lowest BCUT2D eigenvalue weighted by atomic mass is 10.2. The van der Waals surface area contributed by atoms with Crippen LogP contribution >= 0.6 is 24.0 Å². The van der Waals surface area contributed by atoms with Crippen LogP contribution in [0.5, 0.6) is 0 Å². The van der Waals surface area contributed by atoms with Crippen LogP contribution < -0.4 is 15.5 Å². The molecule has 19 heavy (non-hydrogen) atoms. The molecule has 1 aliphatic heterocycles. The van der Waals surface area contributed by atoms with E-state index < -0.39 is 0 Å². The molecule has 2 N–H and O–H groups in total. The number of rotatable bonds is 3. The molecule has 1 fully saturated rings. The summed E-state index contributed by atoms with van der Waals surface area (Å²) in [4.78, 5) is 10.9. The third-order valence-corrected chi connectivity index (χ3v) is 3.16. The molecule has 0 atom stereocenters.